The molecule has 142 valence electrons. The molecule has 0 bridgehead atoms. The number of ether oxygens (including phenoxy) is 2. The minimum atomic E-state index is -0.259. The predicted molar refractivity (Wildman–Crippen MR) is 102 cm³/mol. The van der Waals surface area contributed by atoms with Gasteiger partial charge in [0, 0.05) is 31.1 Å². The van der Waals surface area contributed by atoms with Crippen molar-refractivity contribution in [3.8, 4) is 11.5 Å². The van der Waals surface area contributed by atoms with Crippen LogP contribution in [0.1, 0.15) is 35.3 Å². The molecule has 2 aromatic carbocycles. The summed E-state index contributed by atoms with van der Waals surface area (Å²) in [5.74, 6) is 0.947. The van der Waals surface area contributed by atoms with Gasteiger partial charge in [-0.3, -0.25) is 9.59 Å². The lowest BCUT2D eigenvalue weighted by Crippen LogP contribution is -2.28. The summed E-state index contributed by atoms with van der Waals surface area (Å²) in [4.78, 5) is 23.6. The Morgan fingerprint density at radius 1 is 1.15 bits per heavy atom. The second-order valence-corrected chi connectivity index (χ2v) is 7.12. The summed E-state index contributed by atoms with van der Waals surface area (Å²) >= 11 is 0. The van der Waals surface area contributed by atoms with Crippen LogP contribution in [0.4, 0.5) is 0 Å². The van der Waals surface area contributed by atoms with Gasteiger partial charge in [-0.1, -0.05) is 24.3 Å². The van der Waals surface area contributed by atoms with Crippen molar-refractivity contribution in [2.24, 2.45) is 0 Å². The monoisotopic (exact) mass is 368 g/mol. The van der Waals surface area contributed by atoms with E-state index in [9.17, 15) is 9.59 Å². The number of para-hydroxylation sites is 1. The molecule has 0 fully saturated rings. The Balaban J connectivity index is 1.51. The highest BCUT2D eigenvalue weighted by Crippen LogP contribution is 2.41. The minimum Gasteiger partial charge on any atom is -0.483 e. The number of fused-ring (bicyclic) bond motifs is 1. The second-order valence-electron chi connectivity index (χ2n) is 7.12. The van der Waals surface area contributed by atoms with Crippen LogP contribution in [0.15, 0.2) is 42.5 Å². The fourth-order valence-corrected chi connectivity index (χ4v) is 3.01. The van der Waals surface area contributed by atoms with E-state index >= 15 is 0 Å². The number of rotatable bonds is 6. The standard InChI is InChI=1S/C21H24N2O4/c1-21(2)11-16-5-4-6-17(19(16)27-21)26-13-18(24)23-12-14-7-9-15(10-8-14)20(25)22-3/h4-10H,11-13H2,1-3H3,(H,22,25)(H,23,24). The van der Waals surface area contributed by atoms with Gasteiger partial charge in [-0.2, -0.15) is 0 Å². The molecule has 1 aliphatic heterocycles. The lowest BCUT2D eigenvalue weighted by Gasteiger charge is -2.18. The zero-order valence-electron chi connectivity index (χ0n) is 15.8. The highest BCUT2D eigenvalue weighted by molar-refractivity contribution is 5.93. The summed E-state index contributed by atoms with van der Waals surface area (Å²) in [6.07, 6.45) is 0.817. The Morgan fingerprint density at radius 3 is 2.59 bits per heavy atom. The van der Waals surface area contributed by atoms with Crippen LogP contribution >= 0.6 is 0 Å². The summed E-state index contributed by atoms with van der Waals surface area (Å²) in [5.41, 5.74) is 2.32. The molecule has 2 aromatic rings. The van der Waals surface area contributed by atoms with Gasteiger partial charge in [0.15, 0.2) is 18.1 Å². The van der Waals surface area contributed by atoms with Gasteiger partial charge in [0.2, 0.25) is 0 Å². The van der Waals surface area contributed by atoms with E-state index in [0.29, 0.717) is 17.9 Å². The van der Waals surface area contributed by atoms with Crippen molar-refractivity contribution >= 4 is 11.8 Å². The van der Waals surface area contributed by atoms with Crippen molar-refractivity contribution in [1.29, 1.82) is 0 Å². The Kier molecular flexibility index (Phi) is 5.35. The summed E-state index contributed by atoms with van der Waals surface area (Å²) in [6.45, 7) is 4.33. The van der Waals surface area contributed by atoms with E-state index in [4.69, 9.17) is 9.47 Å². The van der Waals surface area contributed by atoms with Gasteiger partial charge in [0.1, 0.15) is 5.60 Å². The molecule has 0 spiro atoms. The SMILES string of the molecule is CNC(=O)c1ccc(CNC(=O)COc2cccc3c2OC(C)(C)C3)cc1. The molecular weight excluding hydrogens is 344 g/mol. The van der Waals surface area contributed by atoms with E-state index in [2.05, 4.69) is 10.6 Å². The van der Waals surface area contributed by atoms with Crippen LogP contribution in [0, 0.1) is 0 Å². The maximum absolute atomic E-state index is 12.1. The highest BCUT2D eigenvalue weighted by Gasteiger charge is 2.32. The van der Waals surface area contributed by atoms with E-state index in [1.807, 2.05) is 44.2 Å². The van der Waals surface area contributed by atoms with Crippen LogP contribution in [-0.2, 0) is 17.8 Å². The van der Waals surface area contributed by atoms with Crippen molar-refractivity contribution in [2.75, 3.05) is 13.7 Å². The highest BCUT2D eigenvalue weighted by atomic mass is 16.5. The number of amides is 2. The number of benzene rings is 2. The summed E-state index contributed by atoms with van der Waals surface area (Å²) in [5, 5.41) is 5.38. The van der Waals surface area contributed by atoms with Gasteiger partial charge >= 0.3 is 0 Å². The molecule has 1 heterocycles. The molecule has 0 aromatic heterocycles. The molecule has 0 saturated heterocycles. The minimum absolute atomic E-state index is 0.0867. The molecule has 6 nitrogen and oxygen atoms in total. The van der Waals surface area contributed by atoms with Gasteiger partial charge in [0.05, 0.1) is 0 Å². The average molecular weight is 368 g/mol. The molecule has 2 amide bonds. The number of nitrogens with one attached hydrogen (secondary N) is 2. The van der Waals surface area contributed by atoms with Gasteiger partial charge < -0.3 is 20.1 Å². The summed E-state index contributed by atoms with van der Waals surface area (Å²) in [7, 11) is 1.59. The molecule has 1 aliphatic rings. The smallest absolute Gasteiger partial charge is 0.258 e. The summed E-state index contributed by atoms with van der Waals surface area (Å²) in [6, 6.07) is 12.8. The first-order valence-electron chi connectivity index (χ1n) is 8.89. The van der Waals surface area contributed by atoms with Gasteiger partial charge in [0.25, 0.3) is 11.8 Å². The molecule has 2 N–H and O–H groups in total. The summed E-state index contributed by atoms with van der Waals surface area (Å²) < 4.78 is 11.6. The van der Waals surface area contributed by atoms with Gasteiger partial charge in [-0.05, 0) is 37.6 Å². The molecule has 0 aliphatic carbocycles. The lowest BCUT2D eigenvalue weighted by atomic mass is 10.0. The Hall–Kier alpha value is -3.02. The largest absolute Gasteiger partial charge is 0.483 e. The maximum atomic E-state index is 12.1. The third-order valence-corrected chi connectivity index (χ3v) is 4.35. The fourth-order valence-electron chi connectivity index (χ4n) is 3.01. The van der Waals surface area contributed by atoms with Crippen LogP contribution in [0.3, 0.4) is 0 Å². The molecule has 0 atom stereocenters. The van der Waals surface area contributed by atoms with Gasteiger partial charge in [-0.25, -0.2) is 0 Å². The van der Waals surface area contributed by atoms with E-state index < -0.39 is 0 Å². The van der Waals surface area contributed by atoms with Crippen LogP contribution in [0.25, 0.3) is 0 Å². The quantitative estimate of drug-likeness (QED) is 0.821. The third kappa shape index (κ3) is 4.58. The number of carbonyl (C=O) groups is 2. The van der Waals surface area contributed by atoms with E-state index in [1.165, 1.54) is 0 Å². The van der Waals surface area contributed by atoms with E-state index in [-0.39, 0.29) is 24.0 Å². The Bertz CT molecular complexity index is 844. The fraction of sp³-hybridized carbons (Fsp3) is 0.333. The van der Waals surface area contributed by atoms with Crippen LogP contribution in [0.2, 0.25) is 0 Å². The molecule has 3 rings (SSSR count). The average Bonchev–Trinajstić information content (AvgIpc) is 2.98. The van der Waals surface area contributed by atoms with Crippen LogP contribution in [0.5, 0.6) is 11.5 Å². The van der Waals surface area contributed by atoms with Crippen molar-refractivity contribution in [3.05, 3.63) is 59.2 Å². The number of hydrogen-bond donors (Lipinski definition) is 2. The topological polar surface area (TPSA) is 76.7 Å². The first kappa shape index (κ1) is 18.8. The first-order chi connectivity index (χ1) is 12.9. The first-order valence-corrected chi connectivity index (χ1v) is 8.89. The molecule has 0 radical (unpaired) electrons. The molecule has 6 heteroatoms. The zero-order valence-corrected chi connectivity index (χ0v) is 15.8. The molecule has 0 unspecified atom stereocenters. The lowest BCUT2D eigenvalue weighted by molar-refractivity contribution is -0.123. The number of hydrogen-bond acceptors (Lipinski definition) is 4. The van der Waals surface area contributed by atoms with Crippen molar-refractivity contribution in [1.82, 2.24) is 10.6 Å². The normalized spacial score (nSPS) is 14.0. The Morgan fingerprint density at radius 2 is 1.89 bits per heavy atom. The molecule has 27 heavy (non-hydrogen) atoms. The molecule has 0 saturated carbocycles. The van der Waals surface area contributed by atoms with Gasteiger partial charge in [-0.15, -0.1) is 0 Å². The van der Waals surface area contributed by atoms with Crippen molar-refractivity contribution in [3.63, 3.8) is 0 Å². The van der Waals surface area contributed by atoms with Crippen LogP contribution in [-0.4, -0.2) is 31.1 Å². The number of carbonyl (C=O) groups excluding carboxylic acids is 2. The third-order valence-electron chi connectivity index (χ3n) is 4.35. The zero-order chi connectivity index (χ0) is 19.4. The van der Waals surface area contributed by atoms with Crippen LogP contribution < -0.4 is 20.1 Å². The molecular formula is C21H24N2O4. The Labute approximate surface area is 158 Å². The van der Waals surface area contributed by atoms with E-state index in [0.717, 1.165) is 23.3 Å². The maximum Gasteiger partial charge on any atom is 0.258 e. The van der Waals surface area contributed by atoms with E-state index in [1.54, 1.807) is 19.2 Å². The predicted octanol–water partition coefficient (Wildman–Crippen LogP) is 2.45. The second kappa shape index (κ2) is 7.70. The van der Waals surface area contributed by atoms with Crippen molar-refractivity contribution in [2.45, 2.75) is 32.4 Å². The van der Waals surface area contributed by atoms with Crippen molar-refractivity contribution < 1.29 is 19.1 Å².